The number of rotatable bonds is 8. The lowest BCUT2D eigenvalue weighted by Gasteiger charge is -1.99. The van der Waals surface area contributed by atoms with Crippen LogP contribution in [0.4, 0.5) is 0 Å². The lowest BCUT2D eigenvalue weighted by molar-refractivity contribution is -0.140. The lowest BCUT2D eigenvalue weighted by atomic mass is 10.1. The van der Waals surface area contributed by atoms with E-state index in [9.17, 15) is 4.79 Å². The van der Waals surface area contributed by atoms with Crippen LogP contribution in [0.2, 0.25) is 0 Å². The second-order valence-corrected chi connectivity index (χ2v) is 3.92. The van der Waals surface area contributed by atoms with Crippen molar-refractivity contribution < 1.29 is 19.4 Å². The van der Waals surface area contributed by atoms with Crippen LogP contribution in [0.25, 0.3) is 0 Å². The molecule has 1 fully saturated rings. The van der Waals surface area contributed by atoms with E-state index < -0.39 is 0 Å². The maximum atomic E-state index is 10.8. The Bertz CT molecular complexity index is 193. The first-order valence-corrected chi connectivity index (χ1v) is 5.61. The molecule has 0 saturated carbocycles. The summed E-state index contributed by atoms with van der Waals surface area (Å²) in [6.45, 7) is 0.146. The number of carbonyl (C=O) groups excluding carboxylic acids is 1. The van der Waals surface area contributed by atoms with Gasteiger partial charge in [0, 0.05) is 6.42 Å². The number of methoxy groups -OCH3 is 1. The average Bonchev–Trinajstić information content (AvgIpc) is 3.01. The Morgan fingerprint density at radius 1 is 1.27 bits per heavy atom. The molecule has 0 aliphatic carbocycles. The number of epoxide rings is 1. The molecule has 0 bridgehead atoms. The molecule has 4 heteroatoms. The minimum atomic E-state index is -0.124. The van der Waals surface area contributed by atoms with Crippen LogP contribution in [0.5, 0.6) is 0 Å². The molecule has 15 heavy (non-hydrogen) atoms. The second kappa shape index (κ2) is 6.80. The van der Waals surface area contributed by atoms with Gasteiger partial charge < -0.3 is 14.6 Å². The first-order chi connectivity index (χ1) is 7.27. The normalized spacial score (nSPS) is 23.9. The fraction of sp³-hybridized carbons (Fsp3) is 0.909. The van der Waals surface area contributed by atoms with E-state index in [-0.39, 0.29) is 24.8 Å². The maximum absolute atomic E-state index is 10.8. The van der Waals surface area contributed by atoms with E-state index in [4.69, 9.17) is 9.84 Å². The van der Waals surface area contributed by atoms with Gasteiger partial charge >= 0.3 is 5.97 Å². The van der Waals surface area contributed by atoms with Gasteiger partial charge in [-0.3, -0.25) is 4.79 Å². The standard InChI is InChI=1S/C11H20O4/c1-14-11(13)7-5-3-2-4-6-9-10(8-12)15-9/h9-10,12H,2-8H2,1H3. The molecular weight excluding hydrogens is 196 g/mol. The third-order valence-electron chi connectivity index (χ3n) is 2.71. The van der Waals surface area contributed by atoms with Gasteiger partial charge in [0.05, 0.1) is 19.8 Å². The topological polar surface area (TPSA) is 59.1 Å². The van der Waals surface area contributed by atoms with Crippen LogP contribution in [0.15, 0.2) is 0 Å². The predicted octanol–water partition coefficient (Wildman–Crippen LogP) is 1.26. The van der Waals surface area contributed by atoms with Gasteiger partial charge in [-0.1, -0.05) is 19.3 Å². The molecule has 1 heterocycles. The third kappa shape index (κ3) is 5.14. The minimum Gasteiger partial charge on any atom is -0.469 e. The highest BCUT2D eigenvalue weighted by molar-refractivity contribution is 5.68. The summed E-state index contributed by atoms with van der Waals surface area (Å²) in [5.74, 6) is -0.124. The van der Waals surface area contributed by atoms with Crippen molar-refractivity contribution in [2.75, 3.05) is 13.7 Å². The number of unbranched alkanes of at least 4 members (excludes halogenated alkanes) is 3. The summed E-state index contributed by atoms with van der Waals surface area (Å²) >= 11 is 0. The Balaban J connectivity index is 1.80. The number of hydrogen-bond donors (Lipinski definition) is 1. The van der Waals surface area contributed by atoms with Crippen molar-refractivity contribution in [2.45, 2.75) is 50.7 Å². The fourth-order valence-corrected chi connectivity index (χ4v) is 1.66. The molecule has 1 saturated heterocycles. The number of aliphatic hydroxyl groups is 1. The molecule has 4 nitrogen and oxygen atoms in total. The molecule has 0 amide bonds. The summed E-state index contributed by atoms with van der Waals surface area (Å²) in [5.41, 5.74) is 0. The van der Waals surface area contributed by atoms with Gasteiger partial charge in [0.15, 0.2) is 0 Å². The molecule has 0 aromatic carbocycles. The van der Waals surface area contributed by atoms with Crippen molar-refractivity contribution in [3.8, 4) is 0 Å². The van der Waals surface area contributed by atoms with Crippen LogP contribution in [-0.2, 0) is 14.3 Å². The molecule has 1 rings (SSSR count). The van der Waals surface area contributed by atoms with Crippen LogP contribution in [0.1, 0.15) is 38.5 Å². The molecule has 0 aromatic heterocycles. The Morgan fingerprint density at radius 3 is 2.60 bits per heavy atom. The fourth-order valence-electron chi connectivity index (χ4n) is 1.66. The number of hydrogen-bond acceptors (Lipinski definition) is 4. The molecule has 1 aliphatic heterocycles. The summed E-state index contributed by atoms with van der Waals surface area (Å²) in [6.07, 6.45) is 6.14. The summed E-state index contributed by atoms with van der Waals surface area (Å²) < 4.78 is 9.75. The Kier molecular flexibility index (Phi) is 5.65. The van der Waals surface area contributed by atoms with E-state index in [2.05, 4.69) is 4.74 Å². The molecule has 0 spiro atoms. The maximum Gasteiger partial charge on any atom is 0.305 e. The number of esters is 1. The zero-order valence-electron chi connectivity index (χ0n) is 9.28. The summed E-state index contributed by atoms with van der Waals surface area (Å²) in [7, 11) is 1.42. The third-order valence-corrected chi connectivity index (χ3v) is 2.71. The van der Waals surface area contributed by atoms with E-state index in [1.165, 1.54) is 7.11 Å². The van der Waals surface area contributed by atoms with Crippen molar-refractivity contribution in [1.82, 2.24) is 0 Å². The van der Waals surface area contributed by atoms with E-state index >= 15 is 0 Å². The van der Waals surface area contributed by atoms with Gasteiger partial charge in [-0.25, -0.2) is 0 Å². The SMILES string of the molecule is COC(=O)CCCCCCC1OC1CO. The largest absolute Gasteiger partial charge is 0.469 e. The van der Waals surface area contributed by atoms with Gasteiger partial charge in [0.1, 0.15) is 6.10 Å². The van der Waals surface area contributed by atoms with Gasteiger partial charge in [-0.2, -0.15) is 0 Å². The van der Waals surface area contributed by atoms with E-state index in [1.54, 1.807) is 0 Å². The monoisotopic (exact) mass is 216 g/mol. The number of carbonyl (C=O) groups is 1. The van der Waals surface area contributed by atoms with Crippen LogP contribution < -0.4 is 0 Å². The van der Waals surface area contributed by atoms with Gasteiger partial charge in [-0.05, 0) is 12.8 Å². The first kappa shape index (κ1) is 12.5. The van der Waals surface area contributed by atoms with Crippen molar-refractivity contribution >= 4 is 5.97 Å². The van der Waals surface area contributed by atoms with Crippen molar-refractivity contribution in [1.29, 1.82) is 0 Å². The first-order valence-electron chi connectivity index (χ1n) is 5.61. The quantitative estimate of drug-likeness (QED) is 0.377. The van der Waals surface area contributed by atoms with Crippen LogP contribution in [0.3, 0.4) is 0 Å². The number of ether oxygens (including phenoxy) is 2. The van der Waals surface area contributed by atoms with Gasteiger partial charge in [0.2, 0.25) is 0 Å². The van der Waals surface area contributed by atoms with Gasteiger partial charge in [0.25, 0.3) is 0 Å². The smallest absolute Gasteiger partial charge is 0.305 e. The zero-order valence-corrected chi connectivity index (χ0v) is 9.28. The summed E-state index contributed by atoms with van der Waals surface area (Å²) in [5, 5.41) is 8.73. The van der Waals surface area contributed by atoms with E-state index in [0.29, 0.717) is 6.42 Å². The van der Waals surface area contributed by atoms with Crippen LogP contribution in [0, 0.1) is 0 Å². The number of aliphatic hydroxyl groups excluding tert-OH is 1. The molecule has 2 unspecified atom stereocenters. The Labute approximate surface area is 90.6 Å². The highest BCUT2D eigenvalue weighted by atomic mass is 16.6. The predicted molar refractivity (Wildman–Crippen MR) is 55.5 cm³/mol. The van der Waals surface area contributed by atoms with Gasteiger partial charge in [-0.15, -0.1) is 0 Å². The van der Waals surface area contributed by atoms with Crippen molar-refractivity contribution in [2.24, 2.45) is 0 Å². The zero-order chi connectivity index (χ0) is 11.1. The summed E-state index contributed by atoms with van der Waals surface area (Å²) in [6, 6.07) is 0. The molecule has 1 aliphatic rings. The molecule has 1 N–H and O–H groups in total. The highest BCUT2D eigenvalue weighted by Gasteiger charge is 2.36. The Hall–Kier alpha value is -0.610. The molecular formula is C11H20O4. The molecule has 88 valence electrons. The molecule has 0 radical (unpaired) electrons. The lowest BCUT2D eigenvalue weighted by Crippen LogP contribution is -2.00. The average molecular weight is 216 g/mol. The van der Waals surface area contributed by atoms with Crippen molar-refractivity contribution in [3.05, 3.63) is 0 Å². The molecule has 2 atom stereocenters. The highest BCUT2D eigenvalue weighted by Crippen LogP contribution is 2.26. The summed E-state index contributed by atoms with van der Waals surface area (Å²) in [4.78, 5) is 10.8. The Morgan fingerprint density at radius 2 is 2.00 bits per heavy atom. The second-order valence-electron chi connectivity index (χ2n) is 3.92. The van der Waals surface area contributed by atoms with Crippen LogP contribution in [-0.4, -0.2) is 37.0 Å². The van der Waals surface area contributed by atoms with Crippen molar-refractivity contribution in [3.63, 3.8) is 0 Å². The molecule has 0 aromatic rings. The minimum absolute atomic E-state index is 0.0973. The van der Waals surface area contributed by atoms with E-state index in [0.717, 1.165) is 32.1 Å². The van der Waals surface area contributed by atoms with Crippen LogP contribution >= 0.6 is 0 Å². The van der Waals surface area contributed by atoms with E-state index in [1.807, 2.05) is 0 Å².